The van der Waals surface area contributed by atoms with E-state index in [0.717, 1.165) is 11.8 Å². The summed E-state index contributed by atoms with van der Waals surface area (Å²) in [7, 11) is -3.96. The van der Waals surface area contributed by atoms with Gasteiger partial charge in [0.1, 0.15) is 10.7 Å². The fraction of sp³-hybridized carbons (Fsp3) is 0.273. The third kappa shape index (κ3) is 2.39. The number of aromatic nitrogens is 2. The Labute approximate surface area is 114 Å². The maximum absolute atomic E-state index is 12.2. The third-order valence-corrected chi connectivity index (χ3v) is 4.30. The van der Waals surface area contributed by atoms with E-state index in [1.807, 2.05) is 0 Å². The lowest BCUT2D eigenvalue weighted by Crippen LogP contribution is -2.14. The van der Waals surface area contributed by atoms with Crippen LogP contribution in [0.2, 0.25) is 0 Å². The van der Waals surface area contributed by atoms with Crippen LogP contribution in [0.15, 0.2) is 15.4 Å². The number of sulfonamides is 1. The standard InChI is InChI=1S/C11H13N3O5S/c1-5-6(2)12-13-10(5)14-20(17,18)9-4-8(11(15)16)19-7(9)3/h4H,1-3H3,(H,15,16)(H2,12,13,14). The molecule has 2 aromatic rings. The van der Waals surface area contributed by atoms with Crippen LogP contribution in [0, 0.1) is 20.8 Å². The Kier molecular flexibility index (Phi) is 3.30. The second-order valence-electron chi connectivity index (χ2n) is 4.26. The predicted molar refractivity (Wildman–Crippen MR) is 69.3 cm³/mol. The van der Waals surface area contributed by atoms with Gasteiger partial charge in [-0.3, -0.25) is 9.82 Å². The lowest BCUT2D eigenvalue weighted by molar-refractivity contribution is 0.0661. The lowest BCUT2D eigenvalue weighted by Gasteiger charge is -2.04. The van der Waals surface area contributed by atoms with Crippen LogP contribution in [0.25, 0.3) is 0 Å². The number of carboxylic acids is 1. The molecule has 2 heterocycles. The molecule has 9 heteroatoms. The summed E-state index contributed by atoms with van der Waals surface area (Å²) >= 11 is 0. The van der Waals surface area contributed by atoms with Gasteiger partial charge in [-0.2, -0.15) is 5.10 Å². The second-order valence-corrected chi connectivity index (χ2v) is 5.91. The molecule has 8 nitrogen and oxygen atoms in total. The van der Waals surface area contributed by atoms with E-state index in [1.165, 1.54) is 6.92 Å². The molecule has 3 N–H and O–H groups in total. The Morgan fingerprint density at radius 1 is 1.40 bits per heavy atom. The van der Waals surface area contributed by atoms with E-state index in [1.54, 1.807) is 13.8 Å². The van der Waals surface area contributed by atoms with Crippen molar-refractivity contribution in [3.05, 3.63) is 28.8 Å². The van der Waals surface area contributed by atoms with Crippen molar-refractivity contribution in [2.75, 3.05) is 4.72 Å². The van der Waals surface area contributed by atoms with E-state index in [4.69, 9.17) is 9.52 Å². The van der Waals surface area contributed by atoms with Crippen molar-refractivity contribution in [2.45, 2.75) is 25.7 Å². The zero-order chi connectivity index (χ0) is 15.1. The first-order chi connectivity index (χ1) is 9.22. The van der Waals surface area contributed by atoms with Crippen molar-refractivity contribution in [3.8, 4) is 0 Å². The number of carboxylic acid groups (broad SMARTS) is 1. The topological polar surface area (TPSA) is 125 Å². The summed E-state index contributed by atoms with van der Waals surface area (Å²) in [6.07, 6.45) is 0. The highest BCUT2D eigenvalue weighted by Crippen LogP contribution is 2.24. The average molecular weight is 299 g/mol. The SMILES string of the molecule is Cc1[nH]nc(NS(=O)(=O)c2cc(C(=O)O)oc2C)c1C. The van der Waals surface area contributed by atoms with Crippen LogP contribution in [-0.4, -0.2) is 29.7 Å². The Bertz CT molecular complexity index is 772. The lowest BCUT2D eigenvalue weighted by atomic mass is 10.3. The molecule has 0 aliphatic heterocycles. The molecule has 0 atom stereocenters. The number of aromatic amines is 1. The van der Waals surface area contributed by atoms with Gasteiger partial charge in [0.25, 0.3) is 10.0 Å². The molecule has 0 unspecified atom stereocenters. The zero-order valence-electron chi connectivity index (χ0n) is 11.0. The van der Waals surface area contributed by atoms with E-state index in [0.29, 0.717) is 5.56 Å². The van der Waals surface area contributed by atoms with Crippen LogP contribution in [0.5, 0.6) is 0 Å². The van der Waals surface area contributed by atoms with Crippen molar-refractivity contribution < 1.29 is 22.7 Å². The summed E-state index contributed by atoms with van der Waals surface area (Å²) in [6, 6.07) is 0.967. The molecule has 0 radical (unpaired) electrons. The summed E-state index contributed by atoms with van der Waals surface area (Å²) < 4.78 is 31.6. The van der Waals surface area contributed by atoms with Crippen LogP contribution in [0.1, 0.15) is 27.6 Å². The summed E-state index contributed by atoms with van der Waals surface area (Å²) in [4.78, 5) is 10.6. The molecule has 0 bridgehead atoms. The Morgan fingerprint density at radius 2 is 2.05 bits per heavy atom. The molecule has 20 heavy (non-hydrogen) atoms. The Morgan fingerprint density at radius 3 is 2.50 bits per heavy atom. The smallest absolute Gasteiger partial charge is 0.371 e. The zero-order valence-corrected chi connectivity index (χ0v) is 11.8. The van der Waals surface area contributed by atoms with E-state index in [2.05, 4.69) is 14.9 Å². The molecule has 0 saturated heterocycles. The van der Waals surface area contributed by atoms with E-state index in [9.17, 15) is 13.2 Å². The third-order valence-electron chi connectivity index (χ3n) is 2.86. The second kappa shape index (κ2) is 4.67. The van der Waals surface area contributed by atoms with Gasteiger partial charge >= 0.3 is 5.97 Å². The Hall–Kier alpha value is -2.29. The van der Waals surface area contributed by atoms with Crippen LogP contribution in [0.3, 0.4) is 0 Å². The van der Waals surface area contributed by atoms with Gasteiger partial charge in [0.2, 0.25) is 5.76 Å². The number of hydrogen-bond acceptors (Lipinski definition) is 5. The first-order valence-corrected chi connectivity index (χ1v) is 7.09. The Balaban J connectivity index is 2.41. The van der Waals surface area contributed by atoms with Crippen molar-refractivity contribution in [2.24, 2.45) is 0 Å². The van der Waals surface area contributed by atoms with Crippen LogP contribution in [-0.2, 0) is 10.0 Å². The van der Waals surface area contributed by atoms with Crippen LogP contribution in [0.4, 0.5) is 5.82 Å². The number of anilines is 1. The molecule has 0 aliphatic rings. The maximum Gasteiger partial charge on any atom is 0.371 e. The largest absolute Gasteiger partial charge is 0.475 e. The number of furan rings is 1. The molecule has 108 valence electrons. The molecule has 2 aromatic heterocycles. The van der Waals surface area contributed by atoms with Crippen molar-refractivity contribution in [3.63, 3.8) is 0 Å². The van der Waals surface area contributed by atoms with Gasteiger partial charge in [0.05, 0.1) is 0 Å². The number of carbonyl (C=O) groups is 1. The molecule has 0 spiro atoms. The molecule has 0 saturated carbocycles. The van der Waals surface area contributed by atoms with E-state index < -0.39 is 21.8 Å². The fourth-order valence-corrected chi connectivity index (χ4v) is 2.85. The first-order valence-electron chi connectivity index (χ1n) is 5.60. The highest BCUT2D eigenvalue weighted by atomic mass is 32.2. The number of H-pyrrole nitrogens is 1. The number of nitrogens with zero attached hydrogens (tertiary/aromatic N) is 1. The summed E-state index contributed by atoms with van der Waals surface area (Å²) in [5.41, 5.74) is 1.39. The van der Waals surface area contributed by atoms with Crippen LogP contribution < -0.4 is 4.72 Å². The molecule has 2 rings (SSSR count). The summed E-state index contributed by atoms with van der Waals surface area (Å²) in [5.74, 6) is -1.60. The van der Waals surface area contributed by atoms with Gasteiger partial charge in [-0.25, -0.2) is 13.2 Å². The molecule has 0 aliphatic carbocycles. The minimum Gasteiger partial charge on any atom is -0.475 e. The van der Waals surface area contributed by atoms with Crippen molar-refractivity contribution in [1.29, 1.82) is 0 Å². The highest BCUT2D eigenvalue weighted by Gasteiger charge is 2.25. The number of hydrogen-bond donors (Lipinski definition) is 3. The quantitative estimate of drug-likeness (QED) is 0.784. The number of rotatable bonds is 4. The molecule has 0 aromatic carbocycles. The number of nitrogens with one attached hydrogen (secondary N) is 2. The van der Waals surface area contributed by atoms with Crippen LogP contribution >= 0.6 is 0 Å². The normalized spacial score (nSPS) is 11.6. The molecular weight excluding hydrogens is 286 g/mol. The number of aromatic carboxylic acids is 1. The van der Waals surface area contributed by atoms with Gasteiger partial charge in [-0.05, 0) is 20.8 Å². The molecule has 0 fully saturated rings. The van der Waals surface area contributed by atoms with Gasteiger partial charge in [-0.1, -0.05) is 0 Å². The van der Waals surface area contributed by atoms with Crippen molar-refractivity contribution >= 4 is 21.8 Å². The minimum atomic E-state index is -3.96. The molecule has 0 amide bonds. The average Bonchev–Trinajstić information content (AvgIpc) is 2.87. The number of aryl methyl sites for hydroxylation is 2. The summed E-state index contributed by atoms with van der Waals surface area (Å²) in [5, 5.41) is 15.3. The van der Waals surface area contributed by atoms with Gasteiger partial charge < -0.3 is 9.52 Å². The van der Waals surface area contributed by atoms with Gasteiger partial charge in [0.15, 0.2) is 5.82 Å². The van der Waals surface area contributed by atoms with Gasteiger partial charge in [-0.15, -0.1) is 0 Å². The maximum atomic E-state index is 12.2. The monoisotopic (exact) mass is 299 g/mol. The molecular formula is C11H13N3O5S. The first kappa shape index (κ1) is 14.1. The summed E-state index contributed by atoms with van der Waals surface area (Å²) in [6.45, 7) is 4.84. The predicted octanol–water partition coefficient (Wildman–Crippen LogP) is 1.43. The van der Waals surface area contributed by atoms with E-state index in [-0.39, 0.29) is 16.5 Å². The minimum absolute atomic E-state index is 0.000175. The van der Waals surface area contributed by atoms with Gasteiger partial charge in [0, 0.05) is 17.3 Å². The van der Waals surface area contributed by atoms with Crippen molar-refractivity contribution in [1.82, 2.24) is 10.2 Å². The highest BCUT2D eigenvalue weighted by molar-refractivity contribution is 7.92. The fourth-order valence-electron chi connectivity index (χ4n) is 1.60. The van der Waals surface area contributed by atoms with E-state index >= 15 is 0 Å².